The molecule has 0 N–H and O–H groups in total. The average molecular weight is 251 g/mol. The van der Waals surface area contributed by atoms with E-state index in [0.29, 0.717) is 30.3 Å². The molecule has 2 rings (SSSR count). The van der Waals surface area contributed by atoms with E-state index in [0.717, 1.165) is 32.8 Å². The minimum absolute atomic E-state index is 0.351. The molecule has 1 fully saturated rings. The van der Waals surface area contributed by atoms with E-state index < -0.39 is 0 Å². The fraction of sp³-hybridized carbons (Fsp3) is 0.583. The monoisotopic (exact) mass is 251 g/mol. The summed E-state index contributed by atoms with van der Waals surface area (Å²) < 4.78 is 10.8. The van der Waals surface area contributed by atoms with Crippen LogP contribution in [0.2, 0.25) is 0 Å². The Morgan fingerprint density at radius 2 is 2.22 bits per heavy atom. The third kappa shape index (κ3) is 3.75. The normalized spacial score (nSPS) is 16.5. The van der Waals surface area contributed by atoms with Gasteiger partial charge in [-0.2, -0.15) is 4.98 Å². The molecule has 2 heterocycles. The van der Waals surface area contributed by atoms with Crippen molar-refractivity contribution in [2.24, 2.45) is 0 Å². The summed E-state index contributed by atoms with van der Waals surface area (Å²) in [7, 11) is 0. The van der Waals surface area contributed by atoms with Gasteiger partial charge in [-0.15, -0.1) is 0 Å². The highest BCUT2D eigenvalue weighted by Crippen LogP contribution is 2.08. The van der Waals surface area contributed by atoms with Crippen LogP contribution in [0.5, 0.6) is 5.88 Å². The van der Waals surface area contributed by atoms with Crippen molar-refractivity contribution in [2.75, 3.05) is 39.5 Å². The molecule has 1 aromatic rings. The van der Waals surface area contributed by atoms with Gasteiger partial charge in [0, 0.05) is 25.7 Å². The lowest BCUT2D eigenvalue weighted by Crippen LogP contribution is -2.38. The lowest BCUT2D eigenvalue weighted by atomic mass is 10.4. The molecule has 0 aliphatic carbocycles. The van der Waals surface area contributed by atoms with Crippen LogP contribution >= 0.6 is 0 Å². The second-order valence-corrected chi connectivity index (χ2v) is 4.10. The summed E-state index contributed by atoms with van der Waals surface area (Å²) in [5.41, 5.74) is 0.351. The second-order valence-electron chi connectivity index (χ2n) is 4.10. The van der Waals surface area contributed by atoms with E-state index in [-0.39, 0.29) is 0 Å². The first-order valence-electron chi connectivity index (χ1n) is 6.01. The van der Waals surface area contributed by atoms with Crippen molar-refractivity contribution in [3.05, 3.63) is 17.6 Å². The lowest BCUT2D eigenvalue weighted by Gasteiger charge is -2.26. The zero-order chi connectivity index (χ0) is 12.8. The molecule has 6 nitrogen and oxygen atoms in total. The Kier molecular flexibility index (Phi) is 4.60. The second kappa shape index (κ2) is 6.42. The third-order valence-corrected chi connectivity index (χ3v) is 2.72. The van der Waals surface area contributed by atoms with E-state index >= 15 is 0 Å². The van der Waals surface area contributed by atoms with E-state index in [2.05, 4.69) is 14.9 Å². The molecule has 0 aromatic carbocycles. The number of hydrogen-bond donors (Lipinski definition) is 0. The molecule has 1 aliphatic heterocycles. The SMILES string of the molecule is Cc1nc(C=O)cc(OCCN2CCOCC2)n1. The number of rotatable bonds is 5. The summed E-state index contributed by atoms with van der Waals surface area (Å²) in [6.07, 6.45) is 0.698. The maximum atomic E-state index is 10.7. The number of carbonyl (C=O) groups is 1. The van der Waals surface area contributed by atoms with Crippen molar-refractivity contribution in [2.45, 2.75) is 6.92 Å². The summed E-state index contributed by atoms with van der Waals surface area (Å²) in [6.45, 7) is 6.56. The Hall–Kier alpha value is -1.53. The molecule has 0 bridgehead atoms. The van der Waals surface area contributed by atoms with Gasteiger partial charge in [-0.05, 0) is 6.92 Å². The Labute approximate surface area is 106 Å². The summed E-state index contributed by atoms with van der Waals surface area (Å²) in [6, 6.07) is 1.55. The average Bonchev–Trinajstić information content (AvgIpc) is 2.39. The van der Waals surface area contributed by atoms with Gasteiger partial charge in [0.25, 0.3) is 0 Å². The van der Waals surface area contributed by atoms with Crippen LogP contribution in [0.1, 0.15) is 16.3 Å². The molecule has 0 radical (unpaired) electrons. The van der Waals surface area contributed by atoms with Crippen LogP contribution in [0.4, 0.5) is 0 Å². The van der Waals surface area contributed by atoms with Gasteiger partial charge in [0.15, 0.2) is 6.29 Å². The van der Waals surface area contributed by atoms with Crippen LogP contribution in [0.25, 0.3) is 0 Å². The number of carbonyl (C=O) groups excluding carboxylic acids is 1. The zero-order valence-corrected chi connectivity index (χ0v) is 10.5. The number of nitrogens with zero attached hydrogens (tertiary/aromatic N) is 3. The quantitative estimate of drug-likeness (QED) is 0.702. The summed E-state index contributed by atoms with van der Waals surface area (Å²) in [4.78, 5) is 21.0. The maximum absolute atomic E-state index is 10.7. The van der Waals surface area contributed by atoms with Crippen LogP contribution in [-0.2, 0) is 4.74 Å². The first-order valence-corrected chi connectivity index (χ1v) is 6.01. The molecule has 0 amide bonds. The molecule has 0 saturated carbocycles. The highest BCUT2D eigenvalue weighted by molar-refractivity contribution is 5.72. The van der Waals surface area contributed by atoms with Crippen molar-refractivity contribution in [3.8, 4) is 5.88 Å². The number of hydrogen-bond acceptors (Lipinski definition) is 6. The Balaban J connectivity index is 1.82. The first kappa shape index (κ1) is 12.9. The van der Waals surface area contributed by atoms with Crippen molar-refractivity contribution >= 4 is 6.29 Å². The molecular weight excluding hydrogens is 234 g/mol. The molecule has 0 atom stereocenters. The van der Waals surface area contributed by atoms with Crippen molar-refractivity contribution in [1.29, 1.82) is 0 Å². The highest BCUT2D eigenvalue weighted by atomic mass is 16.5. The Morgan fingerprint density at radius 3 is 2.94 bits per heavy atom. The van der Waals surface area contributed by atoms with Gasteiger partial charge in [0.05, 0.1) is 13.2 Å². The Morgan fingerprint density at radius 1 is 1.44 bits per heavy atom. The minimum atomic E-state index is 0.351. The molecule has 0 spiro atoms. The molecule has 98 valence electrons. The first-order chi connectivity index (χ1) is 8.78. The summed E-state index contributed by atoms with van der Waals surface area (Å²) in [5.74, 6) is 0.999. The third-order valence-electron chi connectivity index (χ3n) is 2.72. The maximum Gasteiger partial charge on any atom is 0.217 e. The van der Waals surface area contributed by atoms with Gasteiger partial charge < -0.3 is 9.47 Å². The van der Waals surface area contributed by atoms with Crippen LogP contribution < -0.4 is 4.74 Å². The van der Waals surface area contributed by atoms with Gasteiger partial charge in [-0.1, -0.05) is 0 Å². The number of aryl methyl sites for hydroxylation is 1. The molecule has 1 aliphatic rings. The minimum Gasteiger partial charge on any atom is -0.476 e. The van der Waals surface area contributed by atoms with Gasteiger partial charge in [0.2, 0.25) is 5.88 Å². The number of aldehydes is 1. The fourth-order valence-corrected chi connectivity index (χ4v) is 1.80. The summed E-state index contributed by atoms with van der Waals surface area (Å²) in [5, 5.41) is 0. The van der Waals surface area contributed by atoms with Gasteiger partial charge >= 0.3 is 0 Å². The molecule has 0 unspecified atom stereocenters. The predicted molar refractivity (Wildman–Crippen MR) is 64.9 cm³/mol. The standard InChI is InChI=1S/C12H17N3O3/c1-10-13-11(9-16)8-12(14-10)18-7-4-15-2-5-17-6-3-15/h8-9H,2-7H2,1H3. The Bertz CT molecular complexity index is 406. The van der Waals surface area contributed by atoms with Crippen LogP contribution in [0.3, 0.4) is 0 Å². The highest BCUT2D eigenvalue weighted by Gasteiger charge is 2.10. The van der Waals surface area contributed by atoms with Crippen LogP contribution in [-0.4, -0.2) is 60.6 Å². The van der Waals surface area contributed by atoms with Gasteiger partial charge in [-0.3, -0.25) is 9.69 Å². The van der Waals surface area contributed by atoms with E-state index in [1.165, 1.54) is 0 Å². The van der Waals surface area contributed by atoms with Crippen molar-refractivity contribution in [1.82, 2.24) is 14.9 Å². The molecule has 1 aromatic heterocycles. The molecule has 6 heteroatoms. The fourth-order valence-electron chi connectivity index (χ4n) is 1.80. The van der Waals surface area contributed by atoms with Crippen LogP contribution in [0, 0.1) is 6.92 Å². The molecule has 1 saturated heterocycles. The lowest BCUT2D eigenvalue weighted by molar-refractivity contribution is 0.0320. The number of ether oxygens (including phenoxy) is 2. The smallest absolute Gasteiger partial charge is 0.217 e. The molecule has 18 heavy (non-hydrogen) atoms. The van der Waals surface area contributed by atoms with E-state index in [1.807, 2.05) is 0 Å². The topological polar surface area (TPSA) is 64.5 Å². The van der Waals surface area contributed by atoms with Crippen LogP contribution in [0.15, 0.2) is 6.07 Å². The molecular formula is C12H17N3O3. The van der Waals surface area contributed by atoms with Crippen molar-refractivity contribution in [3.63, 3.8) is 0 Å². The van der Waals surface area contributed by atoms with E-state index in [4.69, 9.17) is 9.47 Å². The van der Waals surface area contributed by atoms with Gasteiger partial charge in [0.1, 0.15) is 18.1 Å². The number of aromatic nitrogens is 2. The van der Waals surface area contributed by atoms with Gasteiger partial charge in [-0.25, -0.2) is 4.98 Å². The van der Waals surface area contributed by atoms with E-state index in [9.17, 15) is 4.79 Å². The van der Waals surface area contributed by atoms with Crippen molar-refractivity contribution < 1.29 is 14.3 Å². The summed E-state index contributed by atoms with van der Waals surface area (Å²) >= 11 is 0. The van der Waals surface area contributed by atoms with E-state index in [1.54, 1.807) is 13.0 Å². The predicted octanol–water partition coefficient (Wildman–Crippen LogP) is 0.309. The largest absolute Gasteiger partial charge is 0.476 e. The number of morpholine rings is 1. The zero-order valence-electron chi connectivity index (χ0n) is 10.5.